The lowest BCUT2D eigenvalue weighted by Crippen LogP contribution is -2.36. The molecule has 0 saturated heterocycles. The van der Waals surface area contributed by atoms with Crippen LogP contribution in [0.1, 0.15) is 22.8 Å². The molecule has 0 aliphatic rings. The number of aliphatic imine (C=N–C) groups is 1. The molecule has 0 bridgehead atoms. The number of halogens is 2. The molecule has 0 unspecified atom stereocenters. The highest BCUT2D eigenvalue weighted by Gasteiger charge is 2.05. The first-order valence-corrected chi connectivity index (χ1v) is 6.57. The normalized spacial score (nSPS) is 11.0. The summed E-state index contributed by atoms with van der Waals surface area (Å²) in [7, 11) is 1.66. The Morgan fingerprint density at radius 1 is 1.27 bits per heavy atom. The van der Waals surface area contributed by atoms with Crippen LogP contribution in [0.5, 0.6) is 0 Å². The summed E-state index contributed by atoms with van der Waals surface area (Å²) in [5.74, 6) is 1.44. The molecule has 0 saturated carbocycles. The molecule has 1 aromatic carbocycles. The third kappa shape index (κ3) is 5.24. The van der Waals surface area contributed by atoms with Gasteiger partial charge in [-0.2, -0.15) is 4.98 Å². The lowest BCUT2D eigenvalue weighted by atomic mass is 10.1. The fraction of sp³-hybridized carbons (Fsp3) is 0.357. The molecular formula is C14H19FIN5O. The van der Waals surface area contributed by atoms with Gasteiger partial charge in [-0.25, -0.2) is 4.39 Å². The van der Waals surface area contributed by atoms with Crippen molar-refractivity contribution in [3.05, 3.63) is 46.9 Å². The maximum atomic E-state index is 13.5. The summed E-state index contributed by atoms with van der Waals surface area (Å²) in [4.78, 5) is 8.16. The second-order valence-corrected chi connectivity index (χ2v) is 4.60. The Morgan fingerprint density at radius 2 is 2.00 bits per heavy atom. The first kappa shape index (κ1) is 18.3. The quantitative estimate of drug-likeness (QED) is 0.452. The highest BCUT2D eigenvalue weighted by molar-refractivity contribution is 14.0. The van der Waals surface area contributed by atoms with Crippen LogP contribution in [-0.4, -0.2) is 23.1 Å². The minimum Gasteiger partial charge on any atom is -0.352 e. The third-order valence-electron chi connectivity index (χ3n) is 2.90. The second kappa shape index (κ2) is 8.66. The number of nitrogens with one attached hydrogen (secondary N) is 2. The van der Waals surface area contributed by atoms with Gasteiger partial charge in [0, 0.05) is 13.6 Å². The molecule has 2 aromatic rings. The van der Waals surface area contributed by atoms with Crippen molar-refractivity contribution >= 4 is 29.9 Å². The fourth-order valence-corrected chi connectivity index (χ4v) is 1.72. The molecule has 6 nitrogen and oxygen atoms in total. The van der Waals surface area contributed by atoms with E-state index in [0.29, 0.717) is 36.3 Å². The predicted octanol–water partition coefficient (Wildman–Crippen LogP) is 2.31. The molecule has 0 atom stereocenters. The summed E-state index contributed by atoms with van der Waals surface area (Å²) in [6, 6.07) is 5.14. The Hall–Kier alpha value is -1.71. The molecular weight excluding hydrogens is 400 g/mol. The van der Waals surface area contributed by atoms with E-state index in [1.165, 1.54) is 6.07 Å². The minimum atomic E-state index is -0.210. The van der Waals surface area contributed by atoms with E-state index in [1.807, 2.05) is 6.07 Å². The van der Waals surface area contributed by atoms with E-state index in [-0.39, 0.29) is 29.8 Å². The lowest BCUT2D eigenvalue weighted by Gasteiger charge is -2.10. The highest BCUT2D eigenvalue weighted by atomic mass is 127. The van der Waals surface area contributed by atoms with Crippen LogP contribution in [-0.2, 0) is 13.1 Å². The molecule has 8 heteroatoms. The van der Waals surface area contributed by atoms with Gasteiger partial charge in [0.05, 0.1) is 6.54 Å². The topological polar surface area (TPSA) is 75.3 Å². The Kier molecular flexibility index (Phi) is 7.22. The summed E-state index contributed by atoms with van der Waals surface area (Å²) in [6.45, 7) is 4.34. The molecule has 0 amide bonds. The standard InChI is InChI=1S/C14H18FN5O.HI/c1-9-4-5-11(6-12(9)15)7-17-14(16-3)18-8-13-19-10(2)20-21-13;/h4-6H,7-8H2,1-3H3,(H2,16,17,18);1H. The smallest absolute Gasteiger partial charge is 0.246 e. The lowest BCUT2D eigenvalue weighted by molar-refractivity contribution is 0.371. The van der Waals surface area contributed by atoms with Crippen molar-refractivity contribution in [2.45, 2.75) is 26.9 Å². The summed E-state index contributed by atoms with van der Waals surface area (Å²) in [5.41, 5.74) is 1.47. The van der Waals surface area contributed by atoms with Crippen molar-refractivity contribution in [1.29, 1.82) is 0 Å². The van der Waals surface area contributed by atoms with Gasteiger partial charge in [0.2, 0.25) is 5.89 Å². The second-order valence-electron chi connectivity index (χ2n) is 4.60. The number of hydrogen-bond acceptors (Lipinski definition) is 4. The largest absolute Gasteiger partial charge is 0.352 e. The Balaban J connectivity index is 0.00000242. The number of nitrogens with zero attached hydrogens (tertiary/aromatic N) is 3. The molecule has 0 fully saturated rings. The van der Waals surface area contributed by atoms with Gasteiger partial charge in [0.1, 0.15) is 5.82 Å². The zero-order valence-electron chi connectivity index (χ0n) is 12.7. The summed E-state index contributed by atoms with van der Waals surface area (Å²) < 4.78 is 18.5. The molecule has 2 N–H and O–H groups in total. The van der Waals surface area contributed by atoms with Crippen molar-refractivity contribution in [3.8, 4) is 0 Å². The van der Waals surface area contributed by atoms with Crippen LogP contribution in [0.3, 0.4) is 0 Å². The molecule has 0 spiro atoms. The van der Waals surface area contributed by atoms with Gasteiger partial charge in [-0.15, -0.1) is 24.0 Å². The number of aromatic nitrogens is 2. The Morgan fingerprint density at radius 3 is 2.59 bits per heavy atom. The molecule has 2 rings (SSSR count). The molecule has 1 heterocycles. The maximum Gasteiger partial charge on any atom is 0.246 e. The van der Waals surface area contributed by atoms with E-state index >= 15 is 0 Å². The zero-order chi connectivity index (χ0) is 15.2. The van der Waals surface area contributed by atoms with E-state index < -0.39 is 0 Å². The number of benzene rings is 1. The average molecular weight is 419 g/mol. The summed E-state index contributed by atoms with van der Waals surface area (Å²) in [5, 5.41) is 9.84. The van der Waals surface area contributed by atoms with Crippen LogP contribution in [0.4, 0.5) is 4.39 Å². The van der Waals surface area contributed by atoms with Gasteiger partial charge < -0.3 is 15.2 Å². The predicted molar refractivity (Wildman–Crippen MR) is 92.6 cm³/mol. The third-order valence-corrected chi connectivity index (χ3v) is 2.90. The average Bonchev–Trinajstić information content (AvgIpc) is 2.88. The number of guanidine groups is 1. The van der Waals surface area contributed by atoms with Crippen LogP contribution < -0.4 is 10.6 Å². The number of rotatable bonds is 4. The van der Waals surface area contributed by atoms with Gasteiger partial charge >= 0.3 is 0 Å². The first-order valence-electron chi connectivity index (χ1n) is 6.57. The zero-order valence-corrected chi connectivity index (χ0v) is 15.0. The van der Waals surface area contributed by atoms with Crippen LogP contribution in [0.25, 0.3) is 0 Å². The molecule has 22 heavy (non-hydrogen) atoms. The van der Waals surface area contributed by atoms with Crippen molar-refractivity contribution in [3.63, 3.8) is 0 Å². The van der Waals surface area contributed by atoms with Gasteiger partial charge in [-0.3, -0.25) is 4.99 Å². The van der Waals surface area contributed by atoms with Crippen molar-refractivity contribution in [2.75, 3.05) is 7.05 Å². The SMILES string of the molecule is CN=C(NCc1ccc(C)c(F)c1)NCc1nc(C)no1.I. The van der Waals surface area contributed by atoms with E-state index in [4.69, 9.17) is 4.52 Å². The van der Waals surface area contributed by atoms with Crippen LogP contribution >= 0.6 is 24.0 Å². The summed E-state index contributed by atoms with van der Waals surface area (Å²) in [6.07, 6.45) is 0. The molecule has 120 valence electrons. The first-order chi connectivity index (χ1) is 10.1. The van der Waals surface area contributed by atoms with E-state index in [2.05, 4.69) is 25.8 Å². The molecule has 0 aliphatic carbocycles. The molecule has 0 aliphatic heterocycles. The van der Waals surface area contributed by atoms with Gasteiger partial charge in [0.25, 0.3) is 0 Å². The Bertz CT molecular complexity index is 644. The highest BCUT2D eigenvalue weighted by Crippen LogP contribution is 2.08. The fourth-order valence-electron chi connectivity index (χ4n) is 1.72. The number of aryl methyl sites for hydroxylation is 2. The summed E-state index contributed by atoms with van der Waals surface area (Å²) >= 11 is 0. The molecule has 1 aromatic heterocycles. The van der Waals surface area contributed by atoms with E-state index in [9.17, 15) is 4.39 Å². The van der Waals surface area contributed by atoms with Gasteiger partial charge in [0.15, 0.2) is 11.8 Å². The van der Waals surface area contributed by atoms with Gasteiger partial charge in [-0.1, -0.05) is 17.3 Å². The van der Waals surface area contributed by atoms with Gasteiger partial charge in [-0.05, 0) is 31.0 Å². The van der Waals surface area contributed by atoms with Crippen LogP contribution in [0.15, 0.2) is 27.7 Å². The number of hydrogen-bond donors (Lipinski definition) is 2. The van der Waals surface area contributed by atoms with Crippen molar-refractivity contribution < 1.29 is 8.91 Å². The Labute approximate surface area is 145 Å². The van der Waals surface area contributed by atoms with E-state index in [0.717, 1.165) is 5.56 Å². The molecule has 0 radical (unpaired) electrons. The van der Waals surface area contributed by atoms with Crippen LogP contribution in [0, 0.1) is 19.7 Å². The van der Waals surface area contributed by atoms with Crippen molar-refractivity contribution in [1.82, 2.24) is 20.8 Å². The maximum absolute atomic E-state index is 13.5. The van der Waals surface area contributed by atoms with Crippen LogP contribution in [0.2, 0.25) is 0 Å². The van der Waals surface area contributed by atoms with Crippen molar-refractivity contribution in [2.24, 2.45) is 4.99 Å². The minimum absolute atomic E-state index is 0. The monoisotopic (exact) mass is 419 g/mol. The van der Waals surface area contributed by atoms with E-state index in [1.54, 1.807) is 27.0 Å².